The number of nitrogens with one attached hydrogen (secondary N) is 1. The topological polar surface area (TPSA) is 67.5 Å². The zero-order valence-corrected chi connectivity index (χ0v) is 21.6. The van der Waals surface area contributed by atoms with Gasteiger partial charge in [-0.05, 0) is 68.9 Å². The third-order valence-electron chi connectivity index (χ3n) is 7.08. The SMILES string of the molecule is CCCN(Cc1cccn1Cc1ccc(C(=O)NC(C)CCc2ccccc2)o1)C(=O)C1CCCC1. The minimum Gasteiger partial charge on any atom is -0.454 e. The number of rotatable bonds is 12. The fourth-order valence-corrected chi connectivity index (χ4v) is 5.06. The highest BCUT2D eigenvalue weighted by Crippen LogP contribution is 2.27. The molecule has 1 N–H and O–H groups in total. The normalized spacial score (nSPS) is 14.6. The van der Waals surface area contributed by atoms with Crippen molar-refractivity contribution in [2.75, 3.05) is 6.54 Å². The minimum absolute atomic E-state index is 0.0456. The Kier molecular flexibility index (Phi) is 9.04. The van der Waals surface area contributed by atoms with Gasteiger partial charge in [-0.3, -0.25) is 9.59 Å². The van der Waals surface area contributed by atoms with E-state index in [0.29, 0.717) is 24.8 Å². The van der Waals surface area contributed by atoms with Crippen molar-refractivity contribution in [1.29, 1.82) is 0 Å². The predicted molar refractivity (Wildman–Crippen MR) is 142 cm³/mol. The molecular formula is C30H39N3O3. The quantitative estimate of drug-likeness (QED) is 0.349. The molecule has 2 aromatic heterocycles. The molecule has 36 heavy (non-hydrogen) atoms. The number of carbonyl (C=O) groups excluding carboxylic acids is 2. The summed E-state index contributed by atoms with van der Waals surface area (Å²) in [6.45, 7) is 6.03. The van der Waals surface area contributed by atoms with Crippen LogP contribution in [0.5, 0.6) is 0 Å². The van der Waals surface area contributed by atoms with E-state index in [2.05, 4.69) is 35.0 Å². The highest BCUT2D eigenvalue weighted by molar-refractivity contribution is 5.91. The molecule has 3 aromatic rings. The number of carbonyl (C=O) groups is 2. The van der Waals surface area contributed by atoms with Crippen molar-refractivity contribution >= 4 is 11.8 Å². The van der Waals surface area contributed by atoms with Crippen LogP contribution >= 0.6 is 0 Å². The van der Waals surface area contributed by atoms with Crippen molar-refractivity contribution in [1.82, 2.24) is 14.8 Å². The second-order valence-electron chi connectivity index (χ2n) is 10.0. The summed E-state index contributed by atoms with van der Waals surface area (Å²) >= 11 is 0. The molecule has 6 nitrogen and oxygen atoms in total. The monoisotopic (exact) mass is 489 g/mol. The van der Waals surface area contributed by atoms with Crippen molar-refractivity contribution in [2.45, 2.75) is 77.9 Å². The van der Waals surface area contributed by atoms with Gasteiger partial charge in [0.1, 0.15) is 5.76 Å². The Labute approximate surface area is 214 Å². The standard InChI is InChI=1S/C30H39N3O3/c1-3-19-33(30(35)25-12-7-8-13-25)21-26-14-9-20-32(26)22-27-17-18-28(36-27)29(34)31-23(2)15-16-24-10-5-4-6-11-24/h4-6,9-11,14,17-18,20,23,25H,3,7-8,12-13,15-16,19,21-22H2,1-2H3,(H,31,34). The van der Waals surface area contributed by atoms with Crippen molar-refractivity contribution in [3.63, 3.8) is 0 Å². The van der Waals surface area contributed by atoms with Gasteiger partial charge in [-0.25, -0.2) is 0 Å². The van der Waals surface area contributed by atoms with Gasteiger partial charge < -0.3 is 19.2 Å². The molecule has 0 bridgehead atoms. The number of nitrogens with zero attached hydrogens (tertiary/aromatic N) is 2. The number of amides is 2. The Morgan fingerprint density at radius 3 is 2.61 bits per heavy atom. The van der Waals surface area contributed by atoms with E-state index in [1.54, 1.807) is 6.07 Å². The maximum absolute atomic E-state index is 13.1. The number of furan rings is 1. The van der Waals surface area contributed by atoms with Gasteiger partial charge in [0.05, 0.1) is 13.1 Å². The van der Waals surface area contributed by atoms with Crippen LogP contribution in [-0.4, -0.2) is 33.9 Å². The Morgan fingerprint density at radius 2 is 1.86 bits per heavy atom. The van der Waals surface area contributed by atoms with E-state index in [0.717, 1.165) is 62.9 Å². The summed E-state index contributed by atoms with van der Waals surface area (Å²) in [7, 11) is 0. The van der Waals surface area contributed by atoms with Crippen LogP contribution in [0.15, 0.2) is 65.2 Å². The van der Waals surface area contributed by atoms with Gasteiger partial charge >= 0.3 is 0 Å². The lowest BCUT2D eigenvalue weighted by atomic mass is 10.1. The number of hydrogen-bond donors (Lipinski definition) is 1. The zero-order valence-electron chi connectivity index (χ0n) is 21.6. The summed E-state index contributed by atoms with van der Waals surface area (Å²) in [6, 6.07) is 18.0. The Bertz CT molecular complexity index is 1110. The first kappa shape index (κ1) is 25.8. The van der Waals surface area contributed by atoms with Crippen LogP contribution < -0.4 is 5.32 Å². The van der Waals surface area contributed by atoms with Gasteiger partial charge in [-0.2, -0.15) is 0 Å². The molecule has 0 radical (unpaired) electrons. The highest BCUT2D eigenvalue weighted by Gasteiger charge is 2.27. The van der Waals surface area contributed by atoms with E-state index in [1.165, 1.54) is 5.56 Å². The average molecular weight is 490 g/mol. The van der Waals surface area contributed by atoms with Gasteiger partial charge in [-0.1, -0.05) is 50.1 Å². The number of aryl methyl sites for hydroxylation is 1. The first-order chi connectivity index (χ1) is 17.5. The van der Waals surface area contributed by atoms with Crippen LogP contribution in [0, 0.1) is 5.92 Å². The summed E-state index contributed by atoms with van der Waals surface area (Å²) in [4.78, 5) is 27.8. The lowest BCUT2D eigenvalue weighted by Gasteiger charge is -2.26. The average Bonchev–Trinajstić information content (AvgIpc) is 3.66. The van der Waals surface area contributed by atoms with Crippen LogP contribution in [0.3, 0.4) is 0 Å². The maximum atomic E-state index is 13.1. The summed E-state index contributed by atoms with van der Waals surface area (Å²) in [5.74, 6) is 1.33. The summed E-state index contributed by atoms with van der Waals surface area (Å²) in [5.41, 5.74) is 2.34. The van der Waals surface area contributed by atoms with Crippen LogP contribution in [0.2, 0.25) is 0 Å². The molecule has 1 fully saturated rings. The molecule has 1 unspecified atom stereocenters. The van der Waals surface area contributed by atoms with Gasteiger partial charge in [0.2, 0.25) is 5.91 Å². The van der Waals surface area contributed by atoms with Crippen LogP contribution in [0.4, 0.5) is 0 Å². The van der Waals surface area contributed by atoms with E-state index in [4.69, 9.17) is 4.42 Å². The lowest BCUT2D eigenvalue weighted by molar-refractivity contribution is -0.136. The Balaban J connectivity index is 1.32. The molecule has 1 aliphatic carbocycles. The van der Waals surface area contributed by atoms with Gasteiger partial charge in [0.25, 0.3) is 5.91 Å². The first-order valence-corrected chi connectivity index (χ1v) is 13.4. The maximum Gasteiger partial charge on any atom is 0.287 e. The molecular weight excluding hydrogens is 450 g/mol. The van der Waals surface area contributed by atoms with Gasteiger partial charge in [0.15, 0.2) is 5.76 Å². The molecule has 1 aromatic carbocycles. The smallest absolute Gasteiger partial charge is 0.287 e. The van der Waals surface area contributed by atoms with Gasteiger partial charge in [-0.15, -0.1) is 0 Å². The minimum atomic E-state index is -0.189. The van der Waals surface area contributed by atoms with E-state index in [9.17, 15) is 9.59 Å². The fourth-order valence-electron chi connectivity index (χ4n) is 5.06. The van der Waals surface area contributed by atoms with E-state index in [1.807, 2.05) is 48.4 Å². The Hall–Kier alpha value is -3.28. The van der Waals surface area contributed by atoms with Crippen molar-refractivity contribution in [2.24, 2.45) is 5.92 Å². The molecule has 4 rings (SSSR count). The fraction of sp³-hybridized carbons (Fsp3) is 0.467. The number of aromatic nitrogens is 1. The predicted octanol–water partition coefficient (Wildman–Crippen LogP) is 5.81. The Morgan fingerprint density at radius 1 is 1.08 bits per heavy atom. The van der Waals surface area contributed by atoms with E-state index >= 15 is 0 Å². The van der Waals surface area contributed by atoms with Crippen LogP contribution in [0.1, 0.15) is 79.9 Å². The lowest BCUT2D eigenvalue weighted by Crippen LogP contribution is -2.36. The largest absolute Gasteiger partial charge is 0.454 e. The van der Waals surface area contributed by atoms with E-state index in [-0.39, 0.29) is 17.9 Å². The molecule has 1 aliphatic rings. The molecule has 2 heterocycles. The second kappa shape index (κ2) is 12.6. The molecule has 1 saturated carbocycles. The molecule has 0 aliphatic heterocycles. The van der Waals surface area contributed by atoms with Crippen molar-refractivity contribution in [3.05, 3.63) is 83.6 Å². The van der Waals surface area contributed by atoms with Crippen LogP contribution in [-0.2, 0) is 24.3 Å². The third-order valence-corrected chi connectivity index (χ3v) is 7.08. The van der Waals surface area contributed by atoms with E-state index < -0.39 is 0 Å². The third kappa shape index (κ3) is 6.90. The first-order valence-electron chi connectivity index (χ1n) is 13.4. The van der Waals surface area contributed by atoms with Gasteiger partial charge in [0, 0.05) is 30.4 Å². The summed E-state index contributed by atoms with van der Waals surface area (Å²) in [6.07, 6.45) is 9.08. The van der Waals surface area contributed by atoms with Crippen molar-refractivity contribution < 1.29 is 14.0 Å². The number of benzene rings is 1. The van der Waals surface area contributed by atoms with Crippen molar-refractivity contribution in [3.8, 4) is 0 Å². The zero-order chi connectivity index (χ0) is 25.3. The molecule has 2 amide bonds. The molecule has 6 heteroatoms. The number of hydrogen-bond acceptors (Lipinski definition) is 3. The highest BCUT2D eigenvalue weighted by atomic mass is 16.4. The van der Waals surface area contributed by atoms with Crippen LogP contribution in [0.25, 0.3) is 0 Å². The molecule has 1 atom stereocenters. The molecule has 0 spiro atoms. The molecule has 192 valence electrons. The second-order valence-corrected chi connectivity index (χ2v) is 10.0. The summed E-state index contributed by atoms with van der Waals surface area (Å²) in [5, 5.41) is 3.05. The molecule has 0 saturated heterocycles. The summed E-state index contributed by atoms with van der Waals surface area (Å²) < 4.78 is 8.01.